The van der Waals surface area contributed by atoms with Crippen molar-refractivity contribution in [2.24, 2.45) is 0 Å². The summed E-state index contributed by atoms with van der Waals surface area (Å²) in [7, 11) is 0. The first-order valence-corrected chi connectivity index (χ1v) is 5.89. The standard InChI is InChI=1S/C10H11BrF3N3O2/c1-9(2,3)19-8(18)15-7-5(11)4-6(16-17-7)10(12,13)14/h4H,1-3H3,(H,15,17,18). The van der Waals surface area contributed by atoms with Crippen molar-refractivity contribution in [3.05, 3.63) is 16.2 Å². The van der Waals surface area contributed by atoms with Gasteiger partial charge < -0.3 is 4.74 Å². The highest BCUT2D eigenvalue weighted by Crippen LogP contribution is 2.30. The van der Waals surface area contributed by atoms with Gasteiger partial charge in [-0.25, -0.2) is 4.79 Å². The molecule has 1 rings (SSSR count). The summed E-state index contributed by atoms with van der Waals surface area (Å²) in [5, 5.41) is 8.47. The first-order chi connectivity index (χ1) is 8.49. The third-order valence-corrected chi connectivity index (χ3v) is 2.26. The predicted molar refractivity (Wildman–Crippen MR) is 64.6 cm³/mol. The molecule has 1 aromatic rings. The lowest BCUT2D eigenvalue weighted by Gasteiger charge is -2.19. The van der Waals surface area contributed by atoms with Crippen LogP contribution in [-0.2, 0) is 10.9 Å². The highest BCUT2D eigenvalue weighted by molar-refractivity contribution is 9.10. The van der Waals surface area contributed by atoms with E-state index in [0.29, 0.717) is 0 Å². The van der Waals surface area contributed by atoms with E-state index in [1.54, 1.807) is 20.8 Å². The molecule has 0 unspecified atom stereocenters. The molecule has 0 saturated heterocycles. The van der Waals surface area contributed by atoms with E-state index in [4.69, 9.17) is 4.74 Å². The molecule has 0 saturated carbocycles. The van der Waals surface area contributed by atoms with Crippen LogP contribution in [0.3, 0.4) is 0 Å². The highest BCUT2D eigenvalue weighted by atomic mass is 79.9. The third-order valence-electron chi connectivity index (χ3n) is 1.66. The van der Waals surface area contributed by atoms with Gasteiger partial charge in [0.15, 0.2) is 11.5 Å². The maximum absolute atomic E-state index is 12.3. The minimum absolute atomic E-state index is 0.0410. The highest BCUT2D eigenvalue weighted by Gasteiger charge is 2.34. The van der Waals surface area contributed by atoms with Crippen LogP contribution in [0, 0.1) is 0 Å². The topological polar surface area (TPSA) is 64.1 Å². The fourth-order valence-electron chi connectivity index (χ4n) is 0.992. The Labute approximate surface area is 115 Å². The van der Waals surface area contributed by atoms with Gasteiger partial charge in [0, 0.05) is 0 Å². The van der Waals surface area contributed by atoms with Crippen LogP contribution in [-0.4, -0.2) is 21.9 Å². The molecule has 1 aromatic heterocycles. The van der Waals surface area contributed by atoms with Crippen LogP contribution < -0.4 is 5.32 Å². The molecule has 0 aliphatic heterocycles. The maximum atomic E-state index is 12.3. The van der Waals surface area contributed by atoms with Crippen molar-refractivity contribution in [1.82, 2.24) is 10.2 Å². The Morgan fingerprint density at radius 3 is 2.32 bits per heavy atom. The summed E-state index contributed by atoms with van der Waals surface area (Å²) in [5.74, 6) is -0.151. The molecule has 0 aliphatic carbocycles. The lowest BCUT2D eigenvalue weighted by Crippen LogP contribution is -2.27. The van der Waals surface area contributed by atoms with Crippen LogP contribution in [0.25, 0.3) is 0 Å². The number of nitrogens with one attached hydrogen (secondary N) is 1. The van der Waals surface area contributed by atoms with Crippen molar-refractivity contribution in [2.75, 3.05) is 5.32 Å². The molecule has 106 valence electrons. The smallest absolute Gasteiger partial charge is 0.435 e. The van der Waals surface area contributed by atoms with Crippen LogP contribution >= 0.6 is 15.9 Å². The number of rotatable bonds is 1. The molecule has 0 aliphatic rings. The summed E-state index contributed by atoms with van der Waals surface area (Å²) >= 11 is 2.87. The third kappa shape index (κ3) is 5.01. The van der Waals surface area contributed by atoms with E-state index in [9.17, 15) is 18.0 Å². The number of anilines is 1. The second-order valence-electron chi connectivity index (χ2n) is 4.55. The lowest BCUT2D eigenvalue weighted by atomic mass is 10.2. The number of amides is 1. The summed E-state index contributed by atoms with van der Waals surface area (Å²) in [4.78, 5) is 11.4. The van der Waals surface area contributed by atoms with E-state index >= 15 is 0 Å². The van der Waals surface area contributed by atoms with Crippen molar-refractivity contribution >= 4 is 27.8 Å². The number of hydrogen-bond donors (Lipinski definition) is 1. The van der Waals surface area contributed by atoms with E-state index in [1.807, 2.05) is 0 Å². The van der Waals surface area contributed by atoms with Crippen molar-refractivity contribution in [2.45, 2.75) is 32.5 Å². The van der Waals surface area contributed by atoms with Gasteiger partial charge in [0.1, 0.15) is 5.60 Å². The summed E-state index contributed by atoms with van der Waals surface area (Å²) in [6.07, 6.45) is -5.43. The number of nitrogens with zero attached hydrogens (tertiary/aromatic N) is 2. The molecular weight excluding hydrogens is 331 g/mol. The average Bonchev–Trinajstić information content (AvgIpc) is 2.16. The number of aromatic nitrogens is 2. The van der Waals surface area contributed by atoms with Crippen LogP contribution in [0.15, 0.2) is 10.5 Å². The van der Waals surface area contributed by atoms with Crippen molar-refractivity contribution < 1.29 is 22.7 Å². The molecular formula is C10H11BrF3N3O2. The Hall–Kier alpha value is -1.38. The van der Waals surface area contributed by atoms with Gasteiger partial charge in [-0.3, -0.25) is 5.32 Å². The van der Waals surface area contributed by atoms with Gasteiger partial charge in [0.05, 0.1) is 4.47 Å². The first kappa shape index (κ1) is 15.7. The van der Waals surface area contributed by atoms with Crippen molar-refractivity contribution in [3.8, 4) is 0 Å². The molecule has 0 atom stereocenters. The molecule has 1 N–H and O–H groups in total. The predicted octanol–water partition coefficient (Wildman–Crippen LogP) is 3.60. The molecule has 0 spiro atoms. The Kier molecular flexibility index (Phi) is 4.39. The zero-order chi connectivity index (χ0) is 14.8. The van der Waals surface area contributed by atoms with Gasteiger partial charge in [0.25, 0.3) is 0 Å². The fraction of sp³-hybridized carbons (Fsp3) is 0.500. The van der Waals surface area contributed by atoms with E-state index in [2.05, 4.69) is 31.4 Å². The molecule has 9 heteroatoms. The number of carbonyl (C=O) groups is 1. The quantitative estimate of drug-likeness (QED) is 0.847. The molecule has 0 radical (unpaired) electrons. The summed E-state index contributed by atoms with van der Waals surface area (Å²) in [5.41, 5.74) is -1.88. The number of ether oxygens (including phenoxy) is 1. The monoisotopic (exact) mass is 341 g/mol. The molecule has 1 heterocycles. The maximum Gasteiger partial charge on any atom is 0.435 e. The minimum atomic E-state index is -4.60. The van der Waals surface area contributed by atoms with Gasteiger partial charge in [-0.15, -0.1) is 10.2 Å². The second kappa shape index (κ2) is 5.32. The van der Waals surface area contributed by atoms with Crippen LogP contribution in [0.1, 0.15) is 26.5 Å². The molecule has 19 heavy (non-hydrogen) atoms. The molecule has 0 aromatic carbocycles. The van der Waals surface area contributed by atoms with Crippen LogP contribution in [0.5, 0.6) is 0 Å². The van der Waals surface area contributed by atoms with E-state index in [-0.39, 0.29) is 10.3 Å². The zero-order valence-electron chi connectivity index (χ0n) is 10.3. The molecule has 1 amide bonds. The Morgan fingerprint density at radius 2 is 1.89 bits per heavy atom. The van der Waals surface area contributed by atoms with Gasteiger partial charge in [-0.1, -0.05) is 0 Å². The van der Waals surface area contributed by atoms with Crippen LogP contribution in [0.2, 0.25) is 0 Å². The SMILES string of the molecule is CC(C)(C)OC(=O)Nc1nnc(C(F)(F)F)cc1Br. The number of halogens is 4. The molecule has 0 fully saturated rings. The Morgan fingerprint density at radius 1 is 1.32 bits per heavy atom. The Balaban J connectivity index is 2.84. The normalized spacial score (nSPS) is 12.2. The molecule has 5 nitrogen and oxygen atoms in total. The summed E-state index contributed by atoms with van der Waals surface area (Å²) < 4.78 is 41.9. The summed E-state index contributed by atoms with van der Waals surface area (Å²) in [6.45, 7) is 4.96. The number of hydrogen-bond acceptors (Lipinski definition) is 4. The Bertz CT molecular complexity index is 486. The largest absolute Gasteiger partial charge is 0.444 e. The first-order valence-electron chi connectivity index (χ1n) is 5.09. The van der Waals surface area contributed by atoms with Gasteiger partial charge in [-0.05, 0) is 42.8 Å². The lowest BCUT2D eigenvalue weighted by molar-refractivity contribution is -0.141. The number of alkyl halides is 3. The minimum Gasteiger partial charge on any atom is -0.444 e. The van der Waals surface area contributed by atoms with Gasteiger partial charge in [-0.2, -0.15) is 13.2 Å². The van der Waals surface area contributed by atoms with E-state index in [0.717, 1.165) is 6.07 Å². The van der Waals surface area contributed by atoms with Gasteiger partial charge >= 0.3 is 12.3 Å². The molecule has 0 bridgehead atoms. The van der Waals surface area contributed by atoms with E-state index < -0.39 is 23.6 Å². The van der Waals surface area contributed by atoms with Gasteiger partial charge in [0.2, 0.25) is 0 Å². The zero-order valence-corrected chi connectivity index (χ0v) is 11.9. The van der Waals surface area contributed by atoms with Crippen LogP contribution in [0.4, 0.5) is 23.8 Å². The number of carbonyl (C=O) groups excluding carboxylic acids is 1. The van der Waals surface area contributed by atoms with Crippen molar-refractivity contribution in [1.29, 1.82) is 0 Å². The van der Waals surface area contributed by atoms with E-state index in [1.165, 1.54) is 0 Å². The van der Waals surface area contributed by atoms with Crippen molar-refractivity contribution in [3.63, 3.8) is 0 Å². The average molecular weight is 342 g/mol. The second-order valence-corrected chi connectivity index (χ2v) is 5.41. The fourth-order valence-corrected chi connectivity index (χ4v) is 1.39. The summed E-state index contributed by atoms with van der Waals surface area (Å²) in [6, 6.07) is 0.722.